The zero-order valence-corrected chi connectivity index (χ0v) is 19.3. The van der Waals surface area contributed by atoms with Gasteiger partial charge in [0.2, 0.25) is 0 Å². The van der Waals surface area contributed by atoms with Crippen LogP contribution in [0.5, 0.6) is 11.5 Å². The van der Waals surface area contributed by atoms with Crippen molar-refractivity contribution in [3.63, 3.8) is 0 Å². The van der Waals surface area contributed by atoms with E-state index in [1.54, 1.807) is 0 Å². The Balaban J connectivity index is 2.34. The van der Waals surface area contributed by atoms with Crippen LogP contribution in [0.4, 0.5) is 0 Å². The average Bonchev–Trinajstić information content (AvgIpc) is 2.57. The molecule has 1 heterocycles. The normalized spacial score (nSPS) is 19.2. The van der Waals surface area contributed by atoms with Crippen molar-refractivity contribution in [2.24, 2.45) is 0 Å². The minimum Gasteiger partial charge on any atom is -0.508 e. The highest BCUT2D eigenvalue weighted by Crippen LogP contribution is 2.49. The minimum absolute atomic E-state index is 0.0404. The molecule has 2 nitrogen and oxygen atoms in total. The SMILES string of the molecule is CC/C=C(/C)CC1CC(C)(C)Oc2cc(C(C)(C)CCCCCC)cc(O)c21. The predicted octanol–water partition coefficient (Wildman–Crippen LogP) is 8.03. The topological polar surface area (TPSA) is 29.5 Å². The summed E-state index contributed by atoms with van der Waals surface area (Å²) in [6.07, 6.45) is 11.5. The van der Waals surface area contributed by atoms with Crippen LogP contribution in [0.1, 0.15) is 117 Å². The van der Waals surface area contributed by atoms with E-state index in [4.69, 9.17) is 4.74 Å². The zero-order valence-electron chi connectivity index (χ0n) is 19.3. The summed E-state index contributed by atoms with van der Waals surface area (Å²) >= 11 is 0. The number of hydrogen-bond donors (Lipinski definition) is 1. The van der Waals surface area contributed by atoms with Crippen LogP contribution >= 0.6 is 0 Å². The quantitative estimate of drug-likeness (QED) is 0.344. The summed E-state index contributed by atoms with van der Waals surface area (Å²) in [4.78, 5) is 0. The molecule has 28 heavy (non-hydrogen) atoms. The summed E-state index contributed by atoms with van der Waals surface area (Å²) in [7, 11) is 0. The Morgan fingerprint density at radius 2 is 1.93 bits per heavy atom. The number of allylic oxidation sites excluding steroid dienone is 2. The lowest BCUT2D eigenvalue weighted by molar-refractivity contribution is 0.0704. The van der Waals surface area contributed by atoms with Crippen molar-refractivity contribution in [1.82, 2.24) is 0 Å². The molecule has 0 saturated heterocycles. The highest BCUT2D eigenvalue weighted by molar-refractivity contribution is 5.53. The van der Waals surface area contributed by atoms with Gasteiger partial charge in [-0.2, -0.15) is 0 Å². The molecule has 0 fully saturated rings. The summed E-state index contributed by atoms with van der Waals surface area (Å²) in [5, 5.41) is 11.0. The molecule has 0 aromatic heterocycles. The minimum atomic E-state index is -0.208. The van der Waals surface area contributed by atoms with Gasteiger partial charge in [0.25, 0.3) is 0 Å². The van der Waals surface area contributed by atoms with E-state index in [0.29, 0.717) is 11.7 Å². The number of aromatic hydroxyl groups is 1. The van der Waals surface area contributed by atoms with Crippen LogP contribution in [0.25, 0.3) is 0 Å². The number of rotatable bonds is 9. The first kappa shape index (κ1) is 22.8. The highest BCUT2D eigenvalue weighted by atomic mass is 16.5. The molecule has 1 N–H and O–H groups in total. The molecule has 0 spiro atoms. The van der Waals surface area contributed by atoms with Crippen LogP contribution in [-0.2, 0) is 5.41 Å². The molecule has 2 heteroatoms. The summed E-state index contributed by atoms with van der Waals surface area (Å²) in [6, 6.07) is 4.22. The summed E-state index contributed by atoms with van der Waals surface area (Å²) < 4.78 is 6.37. The van der Waals surface area contributed by atoms with Gasteiger partial charge in [-0.25, -0.2) is 0 Å². The van der Waals surface area contributed by atoms with Gasteiger partial charge in [0.15, 0.2) is 0 Å². The van der Waals surface area contributed by atoms with Crippen LogP contribution < -0.4 is 4.74 Å². The first-order valence-corrected chi connectivity index (χ1v) is 11.3. The lowest BCUT2D eigenvalue weighted by Gasteiger charge is -2.39. The molecular formula is C26H42O2. The van der Waals surface area contributed by atoms with Crippen molar-refractivity contribution in [3.8, 4) is 11.5 Å². The van der Waals surface area contributed by atoms with Crippen LogP contribution in [0.15, 0.2) is 23.8 Å². The lowest BCUT2D eigenvalue weighted by atomic mass is 9.76. The molecule has 0 radical (unpaired) electrons. The zero-order chi connectivity index (χ0) is 20.9. The smallest absolute Gasteiger partial charge is 0.127 e. The van der Waals surface area contributed by atoms with Gasteiger partial charge in [-0.1, -0.05) is 65.0 Å². The van der Waals surface area contributed by atoms with Gasteiger partial charge in [0.05, 0.1) is 0 Å². The van der Waals surface area contributed by atoms with Gasteiger partial charge in [-0.05, 0) is 75.5 Å². The molecule has 2 rings (SSSR count). The third-order valence-electron chi connectivity index (χ3n) is 6.21. The third-order valence-corrected chi connectivity index (χ3v) is 6.21. The second kappa shape index (κ2) is 9.37. The van der Waals surface area contributed by atoms with Crippen molar-refractivity contribution < 1.29 is 9.84 Å². The van der Waals surface area contributed by atoms with E-state index in [1.165, 1.54) is 36.8 Å². The lowest BCUT2D eigenvalue weighted by Crippen LogP contribution is -2.35. The van der Waals surface area contributed by atoms with Crippen LogP contribution in [-0.4, -0.2) is 10.7 Å². The second-order valence-corrected chi connectivity index (χ2v) is 10.0. The Bertz CT molecular complexity index is 682. The van der Waals surface area contributed by atoms with E-state index in [-0.39, 0.29) is 11.0 Å². The number of hydrogen-bond acceptors (Lipinski definition) is 2. The Kier molecular flexibility index (Phi) is 7.65. The van der Waals surface area contributed by atoms with E-state index in [1.807, 2.05) is 6.07 Å². The van der Waals surface area contributed by atoms with Crippen LogP contribution in [0, 0.1) is 0 Å². The van der Waals surface area contributed by atoms with Crippen molar-refractivity contribution in [2.75, 3.05) is 0 Å². The maximum atomic E-state index is 11.0. The van der Waals surface area contributed by atoms with Gasteiger partial charge in [-0.3, -0.25) is 0 Å². The molecule has 1 aromatic carbocycles. The Hall–Kier alpha value is -1.44. The maximum Gasteiger partial charge on any atom is 0.127 e. The number of fused-ring (bicyclic) bond motifs is 1. The fourth-order valence-electron chi connectivity index (χ4n) is 4.66. The van der Waals surface area contributed by atoms with Gasteiger partial charge >= 0.3 is 0 Å². The standard InChI is InChI=1S/C26H42O2/c1-8-10-11-12-14-25(4,5)21-16-22(27)24-20(15-19(3)13-9-2)18-26(6,7)28-23(24)17-21/h13,16-17,20,27H,8-12,14-15,18H2,1-7H3/b19-13-. The monoisotopic (exact) mass is 386 g/mol. The molecule has 1 aliphatic rings. The van der Waals surface area contributed by atoms with Crippen molar-refractivity contribution in [2.45, 2.75) is 117 Å². The number of benzene rings is 1. The average molecular weight is 387 g/mol. The number of ether oxygens (including phenoxy) is 1. The van der Waals surface area contributed by atoms with Crippen molar-refractivity contribution >= 4 is 0 Å². The van der Waals surface area contributed by atoms with E-state index in [0.717, 1.165) is 37.0 Å². The van der Waals surface area contributed by atoms with Gasteiger partial charge in [-0.15, -0.1) is 0 Å². The second-order valence-electron chi connectivity index (χ2n) is 10.0. The van der Waals surface area contributed by atoms with Crippen LogP contribution in [0.3, 0.4) is 0 Å². The molecule has 0 amide bonds. The molecule has 1 atom stereocenters. The Morgan fingerprint density at radius 3 is 2.57 bits per heavy atom. The molecule has 0 bridgehead atoms. The largest absolute Gasteiger partial charge is 0.508 e. The first-order chi connectivity index (χ1) is 13.1. The Labute approximate surface area is 173 Å². The molecule has 158 valence electrons. The number of phenolic OH excluding ortho intramolecular Hbond substituents is 1. The Morgan fingerprint density at radius 1 is 1.21 bits per heavy atom. The molecule has 0 saturated carbocycles. The van der Waals surface area contributed by atoms with E-state index < -0.39 is 0 Å². The van der Waals surface area contributed by atoms with Gasteiger partial charge < -0.3 is 9.84 Å². The summed E-state index contributed by atoms with van der Waals surface area (Å²) in [5.41, 5.74) is 3.43. The first-order valence-electron chi connectivity index (χ1n) is 11.3. The van der Waals surface area contributed by atoms with Gasteiger partial charge in [0, 0.05) is 5.56 Å². The summed E-state index contributed by atoms with van der Waals surface area (Å²) in [5.74, 6) is 1.62. The summed E-state index contributed by atoms with van der Waals surface area (Å²) in [6.45, 7) is 15.6. The predicted molar refractivity (Wildman–Crippen MR) is 121 cm³/mol. The molecule has 1 aliphatic heterocycles. The van der Waals surface area contributed by atoms with Crippen molar-refractivity contribution in [1.29, 1.82) is 0 Å². The van der Waals surface area contributed by atoms with E-state index in [2.05, 4.69) is 60.6 Å². The van der Waals surface area contributed by atoms with Gasteiger partial charge in [0.1, 0.15) is 17.1 Å². The number of unbranched alkanes of at least 4 members (excludes halogenated alkanes) is 3. The van der Waals surface area contributed by atoms with Crippen LogP contribution in [0.2, 0.25) is 0 Å². The fraction of sp³-hybridized carbons (Fsp3) is 0.692. The van der Waals surface area contributed by atoms with E-state index in [9.17, 15) is 5.11 Å². The molecule has 1 aromatic rings. The highest BCUT2D eigenvalue weighted by Gasteiger charge is 2.37. The fourth-order valence-corrected chi connectivity index (χ4v) is 4.66. The van der Waals surface area contributed by atoms with E-state index >= 15 is 0 Å². The third kappa shape index (κ3) is 5.78. The number of phenols is 1. The molecule has 1 unspecified atom stereocenters. The maximum absolute atomic E-state index is 11.0. The molecular weight excluding hydrogens is 344 g/mol. The molecule has 0 aliphatic carbocycles. The van der Waals surface area contributed by atoms with Crippen molar-refractivity contribution in [3.05, 3.63) is 34.9 Å².